The van der Waals surface area contributed by atoms with Crippen molar-refractivity contribution in [2.24, 2.45) is 5.10 Å². The van der Waals surface area contributed by atoms with E-state index in [9.17, 15) is 19.7 Å². The van der Waals surface area contributed by atoms with Crippen LogP contribution in [0.15, 0.2) is 76.2 Å². The summed E-state index contributed by atoms with van der Waals surface area (Å²) in [5.74, 6) is 0.251. The second-order valence-electron chi connectivity index (χ2n) is 8.77. The molecule has 1 aromatic heterocycles. The number of carbonyl (C=O) groups excluding carboxylic acids is 2. The number of nitro groups is 1. The number of hydrogen-bond acceptors (Lipinski definition) is 7. The van der Waals surface area contributed by atoms with Gasteiger partial charge in [-0.2, -0.15) is 5.10 Å². The minimum atomic E-state index is -0.593. The molecule has 1 N–H and O–H groups in total. The van der Waals surface area contributed by atoms with Gasteiger partial charge in [0.2, 0.25) is 11.7 Å². The van der Waals surface area contributed by atoms with Gasteiger partial charge in [-0.05, 0) is 36.8 Å². The van der Waals surface area contributed by atoms with Crippen LogP contribution in [0.1, 0.15) is 45.8 Å². The first-order valence-corrected chi connectivity index (χ1v) is 11.8. The Hall–Kier alpha value is -4.79. The summed E-state index contributed by atoms with van der Waals surface area (Å²) in [5, 5.41) is 16.9. The van der Waals surface area contributed by atoms with Gasteiger partial charge >= 0.3 is 5.97 Å². The van der Waals surface area contributed by atoms with Crippen molar-refractivity contribution in [3.63, 3.8) is 0 Å². The lowest BCUT2D eigenvalue weighted by atomic mass is 9.93. The number of nitro benzene ring substituents is 1. The van der Waals surface area contributed by atoms with E-state index in [2.05, 4.69) is 10.5 Å². The van der Waals surface area contributed by atoms with Gasteiger partial charge in [0.1, 0.15) is 11.5 Å². The highest BCUT2D eigenvalue weighted by atomic mass is 16.6. The summed E-state index contributed by atoms with van der Waals surface area (Å²) >= 11 is 0. The van der Waals surface area contributed by atoms with Gasteiger partial charge in [0, 0.05) is 35.1 Å². The zero-order chi connectivity index (χ0) is 25.9. The molecule has 0 saturated heterocycles. The summed E-state index contributed by atoms with van der Waals surface area (Å²) < 4.78 is 11.6. The van der Waals surface area contributed by atoms with Crippen molar-refractivity contribution < 1.29 is 23.7 Å². The van der Waals surface area contributed by atoms with Crippen LogP contribution in [0.3, 0.4) is 0 Å². The van der Waals surface area contributed by atoms with Crippen LogP contribution >= 0.6 is 0 Å². The molecule has 37 heavy (non-hydrogen) atoms. The zero-order valence-corrected chi connectivity index (χ0v) is 20.0. The van der Waals surface area contributed by atoms with E-state index in [-0.39, 0.29) is 23.8 Å². The van der Waals surface area contributed by atoms with Gasteiger partial charge < -0.3 is 9.15 Å². The molecule has 5 rings (SSSR count). The number of aryl methyl sites for hydroxylation is 1. The molecule has 0 atom stereocenters. The fraction of sp³-hybridized carbons (Fsp3) is 0.179. The van der Waals surface area contributed by atoms with Gasteiger partial charge in [-0.3, -0.25) is 14.9 Å². The summed E-state index contributed by atoms with van der Waals surface area (Å²) in [6, 6.07) is 19.0. The minimum Gasteiger partial charge on any atom is -0.453 e. The maximum Gasteiger partial charge on any atom is 0.379 e. The number of carbonyl (C=O) groups is 2. The van der Waals surface area contributed by atoms with Crippen molar-refractivity contribution in [3.05, 3.63) is 105 Å². The van der Waals surface area contributed by atoms with Crippen molar-refractivity contribution in [2.75, 3.05) is 0 Å². The van der Waals surface area contributed by atoms with E-state index in [4.69, 9.17) is 9.15 Å². The van der Waals surface area contributed by atoms with Crippen molar-refractivity contribution >= 4 is 34.0 Å². The van der Waals surface area contributed by atoms with Crippen molar-refractivity contribution in [2.45, 2.75) is 32.6 Å². The molecule has 9 nitrogen and oxygen atoms in total. The van der Waals surface area contributed by atoms with Gasteiger partial charge in [-0.25, -0.2) is 10.2 Å². The average Bonchev–Trinajstić information content (AvgIpc) is 3.25. The van der Waals surface area contributed by atoms with Crippen LogP contribution in [0.2, 0.25) is 0 Å². The van der Waals surface area contributed by atoms with Crippen LogP contribution in [0.5, 0.6) is 5.75 Å². The summed E-state index contributed by atoms with van der Waals surface area (Å²) in [6.45, 7) is 1.78. The lowest BCUT2D eigenvalue weighted by molar-refractivity contribution is -0.384. The Morgan fingerprint density at radius 1 is 1.05 bits per heavy atom. The first kappa shape index (κ1) is 23.9. The molecule has 0 radical (unpaired) electrons. The lowest BCUT2D eigenvalue weighted by Crippen LogP contribution is -2.23. The van der Waals surface area contributed by atoms with E-state index in [1.807, 2.05) is 36.4 Å². The largest absolute Gasteiger partial charge is 0.453 e. The Labute approximate surface area is 211 Å². The number of nitrogens with one attached hydrogen (secondary N) is 1. The number of hydrazone groups is 1. The molecule has 9 heteroatoms. The topological polar surface area (TPSA) is 124 Å². The van der Waals surface area contributed by atoms with E-state index >= 15 is 0 Å². The molecule has 3 aromatic carbocycles. The van der Waals surface area contributed by atoms with Crippen molar-refractivity contribution in [3.8, 4) is 5.75 Å². The summed E-state index contributed by atoms with van der Waals surface area (Å²) in [5.41, 5.74) is 5.11. The van der Waals surface area contributed by atoms with E-state index in [1.54, 1.807) is 13.0 Å². The van der Waals surface area contributed by atoms with Gasteiger partial charge in [0.05, 0.1) is 17.1 Å². The summed E-state index contributed by atoms with van der Waals surface area (Å²) in [7, 11) is 0. The maximum absolute atomic E-state index is 13.1. The Morgan fingerprint density at radius 3 is 2.59 bits per heavy atom. The minimum absolute atomic E-state index is 0.0224. The first-order valence-electron chi connectivity index (χ1n) is 11.8. The number of non-ortho nitro benzene ring substituents is 1. The molecule has 4 aromatic rings. The van der Waals surface area contributed by atoms with E-state index < -0.39 is 10.9 Å². The number of rotatable bonds is 6. The smallest absolute Gasteiger partial charge is 0.379 e. The summed E-state index contributed by atoms with van der Waals surface area (Å²) in [4.78, 5) is 35.8. The molecule has 1 heterocycles. The van der Waals surface area contributed by atoms with Crippen LogP contribution in [0.25, 0.3) is 10.8 Å². The Bertz CT molecular complexity index is 1550. The number of amides is 1. The number of nitrogens with zero attached hydrogens (tertiary/aromatic N) is 2. The van der Waals surface area contributed by atoms with Gasteiger partial charge in [0.25, 0.3) is 5.69 Å². The monoisotopic (exact) mass is 497 g/mol. The standard InChI is InChI=1S/C28H23N3O6/c1-17-26-22(29-30-25(32)16-18-12-14-20(15-13-18)31(34)35)9-5-11-24(26)36-27(17)28(33)37-23-10-4-7-19-6-2-3-8-21(19)23/h2-4,6-8,10,12-15H,5,9,11,16H2,1H3,(H,30,32)/b29-22+. The highest BCUT2D eigenvalue weighted by molar-refractivity contribution is 6.06. The van der Waals surface area contributed by atoms with Crippen LogP contribution in [0, 0.1) is 17.0 Å². The Morgan fingerprint density at radius 2 is 1.81 bits per heavy atom. The molecular formula is C28H23N3O6. The quantitative estimate of drug-likeness (QED) is 0.168. The van der Waals surface area contributed by atoms with Crippen LogP contribution < -0.4 is 10.2 Å². The second kappa shape index (κ2) is 10.1. The number of esters is 1. The maximum atomic E-state index is 13.1. The number of ether oxygens (including phenoxy) is 1. The van der Waals surface area contributed by atoms with E-state index in [0.29, 0.717) is 46.8 Å². The molecule has 0 saturated carbocycles. The normalized spacial score (nSPS) is 13.8. The second-order valence-corrected chi connectivity index (χ2v) is 8.77. The molecular weight excluding hydrogens is 474 g/mol. The molecule has 0 spiro atoms. The molecule has 0 aliphatic heterocycles. The third-order valence-corrected chi connectivity index (χ3v) is 6.29. The van der Waals surface area contributed by atoms with Crippen molar-refractivity contribution in [1.29, 1.82) is 0 Å². The predicted octanol–water partition coefficient (Wildman–Crippen LogP) is 5.27. The Balaban J connectivity index is 1.33. The van der Waals surface area contributed by atoms with Gasteiger partial charge in [-0.15, -0.1) is 0 Å². The number of fused-ring (bicyclic) bond motifs is 2. The lowest BCUT2D eigenvalue weighted by Gasteiger charge is -2.13. The molecule has 0 unspecified atom stereocenters. The molecule has 1 aliphatic rings. The van der Waals surface area contributed by atoms with Crippen LogP contribution in [0.4, 0.5) is 5.69 Å². The fourth-order valence-electron chi connectivity index (χ4n) is 4.50. The Kier molecular flexibility index (Phi) is 6.51. The third kappa shape index (κ3) is 4.97. The number of furan rings is 1. The molecule has 0 fully saturated rings. The number of hydrogen-bond donors (Lipinski definition) is 1. The fourth-order valence-corrected chi connectivity index (χ4v) is 4.50. The van der Waals surface area contributed by atoms with Gasteiger partial charge in [0.15, 0.2) is 0 Å². The van der Waals surface area contributed by atoms with Crippen LogP contribution in [-0.2, 0) is 17.6 Å². The van der Waals surface area contributed by atoms with E-state index in [0.717, 1.165) is 17.2 Å². The SMILES string of the molecule is Cc1c(C(=O)Oc2cccc3ccccc23)oc2c1/C(=N/NC(=O)Cc1ccc([N+](=O)[O-])cc1)CCC2. The highest BCUT2D eigenvalue weighted by Crippen LogP contribution is 2.32. The molecule has 1 aliphatic carbocycles. The average molecular weight is 498 g/mol. The molecule has 1 amide bonds. The molecule has 0 bridgehead atoms. The number of benzene rings is 3. The highest BCUT2D eigenvalue weighted by Gasteiger charge is 2.29. The van der Waals surface area contributed by atoms with Gasteiger partial charge in [-0.1, -0.05) is 48.5 Å². The van der Waals surface area contributed by atoms with E-state index in [1.165, 1.54) is 24.3 Å². The molecule has 186 valence electrons. The summed E-state index contributed by atoms with van der Waals surface area (Å²) in [6.07, 6.45) is 2.04. The third-order valence-electron chi connectivity index (χ3n) is 6.29. The predicted molar refractivity (Wildman–Crippen MR) is 137 cm³/mol. The first-order chi connectivity index (χ1) is 17.9. The zero-order valence-electron chi connectivity index (χ0n) is 20.0. The van der Waals surface area contributed by atoms with Crippen molar-refractivity contribution in [1.82, 2.24) is 5.43 Å². The van der Waals surface area contributed by atoms with Crippen LogP contribution in [-0.4, -0.2) is 22.5 Å².